The lowest BCUT2D eigenvalue weighted by molar-refractivity contribution is 0.0837. The summed E-state index contributed by atoms with van der Waals surface area (Å²) in [6.07, 6.45) is 14.2. The van der Waals surface area contributed by atoms with Crippen LogP contribution in [0, 0.1) is 0 Å². The van der Waals surface area contributed by atoms with E-state index in [1.165, 1.54) is 5.57 Å². The summed E-state index contributed by atoms with van der Waals surface area (Å²) in [5.74, 6) is 0.873. The number of hydrogen-bond donors (Lipinski definition) is 2. The minimum Gasteiger partial charge on any atom is -0.493 e. The Kier molecular flexibility index (Phi) is 17.3. The van der Waals surface area contributed by atoms with Crippen molar-refractivity contribution in [2.45, 2.75) is 60.7 Å². The molecule has 0 bridgehead atoms. The normalized spacial score (nSPS) is 14.3. The molecule has 0 saturated heterocycles. The van der Waals surface area contributed by atoms with Gasteiger partial charge in [-0.25, -0.2) is 0 Å². The van der Waals surface area contributed by atoms with Crippen molar-refractivity contribution in [2.75, 3.05) is 19.8 Å². The smallest absolute Gasteiger partial charge is 0.128 e. The molecule has 0 fully saturated rings. The minimum absolute atomic E-state index is 0.00339. The predicted octanol–water partition coefficient (Wildman–Crippen LogP) is 6.93. The van der Waals surface area contributed by atoms with Gasteiger partial charge in [-0.3, -0.25) is 0 Å². The fraction of sp³-hybridized carbons (Fsp3) is 0.400. The number of rotatable bonds is 10. The van der Waals surface area contributed by atoms with Crippen molar-refractivity contribution < 1.29 is 14.6 Å². The highest BCUT2D eigenvalue weighted by molar-refractivity contribution is 5.51. The summed E-state index contributed by atoms with van der Waals surface area (Å²) in [6.45, 7) is 21.0. The first-order chi connectivity index (χ1) is 16.4. The Hall–Kier alpha value is -2.66. The summed E-state index contributed by atoms with van der Waals surface area (Å²) in [5.41, 5.74) is 11.9. The molecule has 0 radical (unpaired) electrons. The third kappa shape index (κ3) is 10.5. The molecule has 0 saturated carbocycles. The van der Waals surface area contributed by atoms with E-state index < -0.39 is 0 Å². The van der Waals surface area contributed by atoms with Crippen LogP contribution < -0.4 is 10.5 Å². The lowest BCUT2D eigenvalue weighted by atomic mass is 9.94. The van der Waals surface area contributed by atoms with Gasteiger partial charge in [0.05, 0.1) is 19.8 Å². The molecule has 1 aliphatic rings. The minimum atomic E-state index is -0.285. The Bertz CT molecular complexity index is 875. The molecular weight excluding hydrogens is 422 g/mol. The van der Waals surface area contributed by atoms with Gasteiger partial charge in [-0.1, -0.05) is 80.7 Å². The molecule has 3 N–H and O–H groups in total. The first-order valence-corrected chi connectivity index (χ1v) is 12.1. The molecular formula is C30H45NO3. The summed E-state index contributed by atoms with van der Waals surface area (Å²) in [6, 6.07) is 3.97. The Labute approximate surface area is 207 Å². The number of benzene rings is 1. The van der Waals surface area contributed by atoms with Crippen LogP contribution in [0.3, 0.4) is 0 Å². The van der Waals surface area contributed by atoms with Crippen molar-refractivity contribution >= 4 is 0 Å². The molecule has 0 aliphatic carbocycles. The van der Waals surface area contributed by atoms with E-state index >= 15 is 0 Å². The maximum Gasteiger partial charge on any atom is 0.128 e. The predicted molar refractivity (Wildman–Crippen MR) is 147 cm³/mol. The second kappa shape index (κ2) is 18.7. The molecule has 1 aromatic carbocycles. The monoisotopic (exact) mass is 467 g/mol. The van der Waals surface area contributed by atoms with Crippen LogP contribution in [0.15, 0.2) is 84.5 Å². The van der Waals surface area contributed by atoms with Gasteiger partial charge in [-0.15, -0.1) is 0 Å². The standard InChI is InChI=1S/C20H27NO3.C8H12.C2H6/c1-4-14(3)10-16(5-2)19(24-9-7-21)18-12-15(13-22)11-17-6-8-23-20(17)18;1-4-6-7-8(3)5-2;1-2/h4-5,10-12,19,22H,1,6-9,13,21H2,2-3H3;4-7H,1H2,2-3H3;1-2H3/b14-10-,16-5+;7-6-,8-5-;. The van der Waals surface area contributed by atoms with Crippen LogP contribution in [0.1, 0.15) is 64.3 Å². The molecule has 0 spiro atoms. The Morgan fingerprint density at radius 2 is 1.88 bits per heavy atom. The van der Waals surface area contributed by atoms with Crippen molar-refractivity contribution in [1.82, 2.24) is 0 Å². The molecule has 1 unspecified atom stereocenters. The van der Waals surface area contributed by atoms with Gasteiger partial charge in [0.25, 0.3) is 0 Å². The Morgan fingerprint density at radius 1 is 1.18 bits per heavy atom. The maximum atomic E-state index is 9.59. The number of allylic oxidation sites excluding steroid dienone is 8. The van der Waals surface area contributed by atoms with Gasteiger partial charge in [0.2, 0.25) is 0 Å². The number of ether oxygens (including phenoxy) is 2. The number of hydrogen-bond acceptors (Lipinski definition) is 4. The van der Waals surface area contributed by atoms with Crippen LogP contribution in [0.4, 0.5) is 0 Å². The summed E-state index contributed by atoms with van der Waals surface area (Å²) in [4.78, 5) is 0. The third-order valence-electron chi connectivity index (χ3n) is 5.04. The highest BCUT2D eigenvalue weighted by Gasteiger charge is 2.25. The molecule has 188 valence electrons. The molecule has 0 aromatic heterocycles. The summed E-state index contributed by atoms with van der Waals surface area (Å²) < 4.78 is 11.9. The van der Waals surface area contributed by atoms with Gasteiger partial charge in [-0.2, -0.15) is 0 Å². The van der Waals surface area contributed by atoms with Crippen molar-refractivity contribution in [3.63, 3.8) is 0 Å². The first kappa shape index (κ1) is 31.3. The molecule has 1 atom stereocenters. The van der Waals surface area contributed by atoms with Crippen molar-refractivity contribution in [1.29, 1.82) is 0 Å². The van der Waals surface area contributed by atoms with Crippen molar-refractivity contribution in [2.24, 2.45) is 5.73 Å². The summed E-state index contributed by atoms with van der Waals surface area (Å²) in [5, 5.41) is 9.59. The zero-order valence-electron chi connectivity index (χ0n) is 22.1. The van der Waals surface area contributed by atoms with E-state index in [0.717, 1.165) is 40.0 Å². The molecule has 1 aliphatic heterocycles. The topological polar surface area (TPSA) is 64.7 Å². The van der Waals surface area contributed by atoms with Crippen LogP contribution in [0.2, 0.25) is 0 Å². The number of fused-ring (bicyclic) bond motifs is 1. The van der Waals surface area contributed by atoms with Gasteiger partial charge in [0.1, 0.15) is 11.9 Å². The fourth-order valence-electron chi connectivity index (χ4n) is 3.19. The summed E-state index contributed by atoms with van der Waals surface area (Å²) >= 11 is 0. The SMILES string of the molecule is C=C/C(C)=C\C(=C/C)C(OCCN)c1cc(CO)cc2c1OCC2.C=C/C=C\C(C)=C/C.CC. The van der Waals surface area contributed by atoms with E-state index in [1.54, 1.807) is 6.08 Å². The van der Waals surface area contributed by atoms with E-state index in [2.05, 4.69) is 32.2 Å². The molecule has 4 nitrogen and oxygen atoms in total. The van der Waals surface area contributed by atoms with E-state index in [9.17, 15) is 5.11 Å². The Morgan fingerprint density at radius 3 is 2.41 bits per heavy atom. The van der Waals surface area contributed by atoms with Crippen LogP contribution in [0.25, 0.3) is 0 Å². The maximum absolute atomic E-state index is 9.59. The lowest BCUT2D eigenvalue weighted by Gasteiger charge is -2.23. The largest absolute Gasteiger partial charge is 0.493 e. The highest BCUT2D eigenvalue weighted by Crippen LogP contribution is 2.40. The van der Waals surface area contributed by atoms with E-state index in [4.69, 9.17) is 15.2 Å². The zero-order valence-corrected chi connectivity index (χ0v) is 22.1. The molecule has 0 amide bonds. The van der Waals surface area contributed by atoms with Gasteiger partial charge in [-0.05, 0) is 56.5 Å². The fourth-order valence-corrected chi connectivity index (χ4v) is 3.19. The molecule has 1 heterocycles. The van der Waals surface area contributed by atoms with E-state index in [1.807, 2.05) is 71.1 Å². The molecule has 4 heteroatoms. The van der Waals surface area contributed by atoms with E-state index in [-0.39, 0.29) is 12.7 Å². The van der Waals surface area contributed by atoms with Crippen molar-refractivity contribution in [3.05, 3.63) is 101 Å². The average Bonchev–Trinajstić information content (AvgIpc) is 3.36. The van der Waals surface area contributed by atoms with Crippen LogP contribution >= 0.6 is 0 Å². The first-order valence-electron chi connectivity index (χ1n) is 12.1. The van der Waals surface area contributed by atoms with Crippen molar-refractivity contribution in [3.8, 4) is 5.75 Å². The second-order valence-corrected chi connectivity index (χ2v) is 7.48. The van der Waals surface area contributed by atoms with Crippen LogP contribution in [-0.2, 0) is 17.8 Å². The average molecular weight is 468 g/mol. The lowest BCUT2D eigenvalue weighted by Crippen LogP contribution is -2.15. The van der Waals surface area contributed by atoms with Crippen LogP contribution in [0.5, 0.6) is 5.75 Å². The van der Waals surface area contributed by atoms with Crippen LogP contribution in [-0.4, -0.2) is 24.9 Å². The molecule has 1 aromatic rings. The molecule has 34 heavy (non-hydrogen) atoms. The number of aliphatic hydroxyl groups excluding tert-OH is 1. The Balaban J connectivity index is 0.000000924. The summed E-state index contributed by atoms with van der Waals surface area (Å²) in [7, 11) is 0. The second-order valence-electron chi connectivity index (χ2n) is 7.48. The number of nitrogens with two attached hydrogens (primary N) is 1. The third-order valence-corrected chi connectivity index (χ3v) is 5.04. The van der Waals surface area contributed by atoms with Gasteiger partial charge < -0.3 is 20.3 Å². The molecule has 2 rings (SSSR count). The van der Waals surface area contributed by atoms with Gasteiger partial charge >= 0.3 is 0 Å². The van der Waals surface area contributed by atoms with Gasteiger partial charge in [0.15, 0.2) is 0 Å². The van der Waals surface area contributed by atoms with E-state index in [0.29, 0.717) is 19.8 Å². The van der Waals surface area contributed by atoms with Gasteiger partial charge in [0, 0.05) is 18.5 Å². The quantitative estimate of drug-likeness (QED) is 0.366. The zero-order chi connectivity index (χ0) is 25.9. The highest BCUT2D eigenvalue weighted by atomic mass is 16.5. The number of aliphatic hydroxyl groups is 1.